The van der Waals surface area contributed by atoms with Gasteiger partial charge in [0.2, 0.25) is 5.89 Å². The molecule has 0 fully saturated rings. The summed E-state index contributed by atoms with van der Waals surface area (Å²) in [7, 11) is 0. The second-order valence-electron chi connectivity index (χ2n) is 4.81. The molecule has 2 heterocycles. The largest absolute Gasteiger partial charge is 0.478 e. The number of aryl methyl sites for hydroxylation is 1. The number of rotatable bonds is 5. The lowest BCUT2D eigenvalue weighted by Crippen LogP contribution is -2.12. The van der Waals surface area contributed by atoms with E-state index >= 15 is 0 Å². The summed E-state index contributed by atoms with van der Waals surface area (Å²) in [6, 6.07) is 13.6. The highest BCUT2D eigenvalue weighted by molar-refractivity contribution is 14.1. The Bertz CT molecular complexity index is 729. The van der Waals surface area contributed by atoms with E-state index in [2.05, 4.69) is 32.6 Å². The number of pyridine rings is 1. The molecule has 0 aliphatic carbocycles. The standard InChI is InChI=1S/C17H15IN2O2/c1-12-15(10-16(18)22-14-8-5-9-19-11-14)20-17(21-12)13-6-3-2-4-7-13/h2-9,11,16H,10H2,1H3. The molecule has 0 aliphatic rings. The molecule has 0 bridgehead atoms. The lowest BCUT2D eigenvalue weighted by Gasteiger charge is -2.11. The highest BCUT2D eigenvalue weighted by atomic mass is 127. The third-order valence-electron chi connectivity index (χ3n) is 3.17. The van der Waals surface area contributed by atoms with E-state index in [0.29, 0.717) is 12.3 Å². The molecule has 1 aromatic carbocycles. The van der Waals surface area contributed by atoms with Gasteiger partial charge in [-0.2, -0.15) is 0 Å². The predicted octanol–water partition coefficient (Wildman–Crippen LogP) is 4.43. The molecule has 22 heavy (non-hydrogen) atoms. The van der Waals surface area contributed by atoms with Crippen molar-refractivity contribution >= 4 is 22.6 Å². The Kier molecular flexibility index (Phi) is 4.72. The monoisotopic (exact) mass is 406 g/mol. The molecule has 3 rings (SSSR count). The maximum absolute atomic E-state index is 5.83. The number of oxazole rings is 1. The molecule has 1 atom stereocenters. The van der Waals surface area contributed by atoms with Crippen molar-refractivity contribution in [3.63, 3.8) is 0 Å². The minimum absolute atomic E-state index is 0.0331. The lowest BCUT2D eigenvalue weighted by atomic mass is 10.2. The Morgan fingerprint density at radius 3 is 2.73 bits per heavy atom. The van der Waals surface area contributed by atoms with E-state index in [1.54, 1.807) is 12.4 Å². The Morgan fingerprint density at radius 2 is 2.00 bits per heavy atom. The van der Waals surface area contributed by atoms with Crippen LogP contribution in [0.3, 0.4) is 0 Å². The van der Waals surface area contributed by atoms with Crippen molar-refractivity contribution < 1.29 is 9.15 Å². The minimum atomic E-state index is -0.0331. The maximum Gasteiger partial charge on any atom is 0.226 e. The molecule has 0 saturated carbocycles. The molecule has 112 valence electrons. The zero-order valence-corrected chi connectivity index (χ0v) is 14.2. The molecule has 0 saturated heterocycles. The van der Waals surface area contributed by atoms with Gasteiger partial charge in [-0.25, -0.2) is 4.98 Å². The van der Waals surface area contributed by atoms with Gasteiger partial charge in [-0.1, -0.05) is 18.2 Å². The molecule has 0 amide bonds. The summed E-state index contributed by atoms with van der Waals surface area (Å²) in [5, 5.41) is 0. The van der Waals surface area contributed by atoms with Crippen molar-refractivity contribution in [3.8, 4) is 17.2 Å². The van der Waals surface area contributed by atoms with Crippen molar-refractivity contribution in [1.82, 2.24) is 9.97 Å². The van der Waals surface area contributed by atoms with E-state index in [4.69, 9.17) is 9.15 Å². The van der Waals surface area contributed by atoms with Gasteiger partial charge in [0.25, 0.3) is 0 Å². The highest BCUT2D eigenvalue weighted by Gasteiger charge is 2.16. The fourth-order valence-corrected chi connectivity index (χ4v) is 2.79. The molecule has 0 N–H and O–H groups in total. The molecule has 0 spiro atoms. The first kappa shape index (κ1) is 15.0. The van der Waals surface area contributed by atoms with E-state index in [-0.39, 0.29) is 4.11 Å². The molecule has 0 aliphatic heterocycles. The van der Waals surface area contributed by atoms with Crippen LogP contribution in [0.15, 0.2) is 59.3 Å². The Morgan fingerprint density at radius 1 is 1.18 bits per heavy atom. The first-order valence-corrected chi connectivity index (χ1v) is 8.19. The number of benzene rings is 1. The second kappa shape index (κ2) is 6.91. The molecular formula is C17H15IN2O2. The van der Waals surface area contributed by atoms with Crippen LogP contribution in [0.2, 0.25) is 0 Å². The van der Waals surface area contributed by atoms with Gasteiger partial charge in [0, 0.05) is 18.2 Å². The third kappa shape index (κ3) is 3.65. The summed E-state index contributed by atoms with van der Waals surface area (Å²) < 4.78 is 11.6. The van der Waals surface area contributed by atoms with Gasteiger partial charge in [-0.05, 0) is 53.8 Å². The molecule has 5 heteroatoms. The lowest BCUT2D eigenvalue weighted by molar-refractivity contribution is 0.300. The predicted molar refractivity (Wildman–Crippen MR) is 93.1 cm³/mol. The summed E-state index contributed by atoms with van der Waals surface area (Å²) in [6.07, 6.45) is 4.11. The Hall–Kier alpha value is -1.89. The zero-order chi connectivity index (χ0) is 15.4. The van der Waals surface area contributed by atoms with Gasteiger partial charge in [-0.15, -0.1) is 0 Å². The summed E-state index contributed by atoms with van der Waals surface area (Å²) in [5.74, 6) is 2.24. The Balaban J connectivity index is 1.72. The van der Waals surface area contributed by atoms with E-state index in [1.807, 2.05) is 49.4 Å². The van der Waals surface area contributed by atoms with Crippen LogP contribution in [0.25, 0.3) is 11.5 Å². The number of aromatic nitrogens is 2. The van der Waals surface area contributed by atoms with Crippen molar-refractivity contribution in [2.45, 2.75) is 17.5 Å². The van der Waals surface area contributed by atoms with E-state index in [9.17, 15) is 0 Å². The first-order chi connectivity index (χ1) is 10.7. The fraction of sp³-hybridized carbons (Fsp3) is 0.176. The minimum Gasteiger partial charge on any atom is -0.478 e. The number of halogens is 1. The van der Waals surface area contributed by atoms with Crippen LogP contribution in [0.4, 0.5) is 0 Å². The van der Waals surface area contributed by atoms with Crippen LogP contribution in [0, 0.1) is 6.92 Å². The first-order valence-electron chi connectivity index (χ1n) is 6.95. The van der Waals surface area contributed by atoms with Crippen LogP contribution < -0.4 is 4.74 Å². The van der Waals surface area contributed by atoms with Crippen molar-refractivity contribution in [1.29, 1.82) is 0 Å². The van der Waals surface area contributed by atoms with Crippen molar-refractivity contribution in [3.05, 3.63) is 66.3 Å². The maximum atomic E-state index is 5.83. The molecule has 0 radical (unpaired) electrons. The van der Waals surface area contributed by atoms with Crippen molar-refractivity contribution in [2.24, 2.45) is 0 Å². The van der Waals surface area contributed by atoms with E-state index < -0.39 is 0 Å². The molecule has 3 aromatic rings. The smallest absolute Gasteiger partial charge is 0.226 e. The molecular weight excluding hydrogens is 391 g/mol. The van der Waals surface area contributed by atoms with Gasteiger partial charge in [0.05, 0.1) is 11.9 Å². The summed E-state index contributed by atoms with van der Waals surface area (Å²) in [4.78, 5) is 8.64. The van der Waals surface area contributed by atoms with Gasteiger partial charge in [0.1, 0.15) is 11.5 Å². The SMILES string of the molecule is Cc1oc(-c2ccccc2)nc1CC(I)Oc1cccnc1. The van der Waals surface area contributed by atoms with Crippen LogP contribution in [-0.4, -0.2) is 14.1 Å². The van der Waals surface area contributed by atoms with E-state index in [1.165, 1.54) is 0 Å². The molecule has 2 aromatic heterocycles. The Labute approximate surface area is 142 Å². The number of ether oxygens (including phenoxy) is 1. The fourth-order valence-electron chi connectivity index (χ4n) is 2.08. The van der Waals surface area contributed by atoms with Gasteiger partial charge in [0.15, 0.2) is 4.11 Å². The highest BCUT2D eigenvalue weighted by Crippen LogP contribution is 2.24. The van der Waals surface area contributed by atoms with Gasteiger partial charge < -0.3 is 9.15 Å². The summed E-state index contributed by atoms with van der Waals surface area (Å²) in [5.41, 5.74) is 1.90. The summed E-state index contributed by atoms with van der Waals surface area (Å²) >= 11 is 2.26. The summed E-state index contributed by atoms with van der Waals surface area (Å²) in [6.45, 7) is 1.93. The van der Waals surface area contributed by atoms with Crippen molar-refractivity contribution in [2.75, 3.05) is 0 Å². The van der Waals surface area contributed by atoms with Crippen LogP contribution in [0.5, 0.6) is 5.75 Å². The molecule has 4 nitrogen and oxygen atoms in total. The van der Waals surface area contributed by atoms with Crippen LogP contribution >= 0.6 is 22.6 Å². The second-order valence-corrected chi connectivity index (χ2v) is 6.20. The van der Waals surface area contributed by atoms with E-state index in [0.717, 1.165) is 22.8 Å². The number of hydrogen-bond donors (Lipinski definition) is 0. The normalized spacial score (nSPS) is 12.1. The topological polar surface area (TPSA) is 48.2 Å². The molecule has 1 unspecified atom stereocenters. The average molecular weight is 406 g/mol. The average Bonchev–Trinajstić information content (AvgIpc) is 2.90. The number of hydrogen-bond acceptors (Lipinski definition) is 4. The number of nitrogens with zero attached hydrogens (tertiary/aromatic N) is 2. The van der Waals surface area contributed by atoms with Crippen LogP contribution in [-0.2, 0) is 6.42 Å². The zero-order valence-electron chi connectivity index (χ0n) is 12.1. The quantitative estimate of drug-likeness (QED) is 0.465. The number of alkyl halides is 1. The third-order valence-corrected chi connectivity index (χ3v) is 3.86. The van der Waals surface area contributed by atoms with Crippen LogP contribution in [0.1, 0.15) is 11.5 Å². The van der Waals surface area contributed by atoms with Gasteiger partial charge >= 0.3 is 0 Å². The van der Waals surface area contributed by atoms with Gasteiger partial charge in [-0.3, -0.25) is 4.98 Å².